The van der Waals surface area contributed by atoms with Gasteiger partial charge < -0.3 is 28.7 Å². The van der Waals surface area contributed by atoms with E-state index in [-0.39, 0.29) is 0 Å². The molecule has 0 fully saturated rings. The van der Waals surface area contributed by atoms with Crippen LogP contribution in [0.3, 0.4) is 0 Å². The van der Waals surface area contributed by atoms with Crippen LogP contribution in [0.15, 0.2) is 243 Å². The summed E-state index contributed by atoms with van der Waals surface area (Å²) in [7, 11) is 8.38. The third kappa shape index (κ3) is 7.48. The third-order valence-corrected chi connectivity index (χ3v) is 16.1. The second-order valence-electron chi connectivity index (χ2n) is 20.6. The van der Waals surface area contributed by atoms with Crippen molar-refractivity contribution in [2.24, 2.45) is 14.1 Å². The van der Waals surface area contributed by atoms with E-state index in [0.29, 0.717) is 0 Å². The standard InChI is InChI=1S/C70H52N10/c1-75-58-23-5-9-27-62(58)79(63-28-10-6-24-59(63)75)52-19-13-17-49(41-52)51-43-54(45-31-35-47(36-32-45)67-73-56-21-15-39-71-69(56)77(67)3)66(55(44-51)46-33-37-48(38-34-46)68-74-57-22-16-40-72-70(57)78(68)4)50-18-14-20-53(42-50)80-64-29-11-7-25-60(64)76(2)61-26-8-12-30-65(61)80/h5-44H,1-4H3. The van der Waals surface area contributed by atoms with E-state index in [4.69, 9.17) is 9.97 Å². The average molecular weight is 1030 g/mol. The van der Waals surface area contributed by atoms with Crippen LogP contribution < -0.4 is 19.6 Å². The molecular weight excluding hydrogens is 981 g/mol. The molecule has 80 heavy (non-hydrogen) atoms. The van der Waals surface area contributed by atoms with Crippen LogP contribution in [0.2, 0.25) is 0 Å². The number of benzene rings is 9. The summed E-state index contributed by atoms with van der Waals surface area (Å²) in [6, 6.07) is 83.3. The Kier molecular flexibility index (Phi) is 10.8. The Morgan fingerprint density at radius 1 is 0.287 bits per heavy atom. The van der Waals surface area contributed by atoms with E-state index >= 15 is 0 Å². The Morgan fingerprint density at radius 3 is 1.05 bits per heavy atom. The van der Waals surface area contributed by atoms with Crippen molar-refractivity contribution in [1.82, 2.24) is 29.1 Å². The molecule has 9 aromatic carbocycles. The number of aromatic nitrogens is 6. The van der Waals surface area contributed by atoms with Gasteiger partial charge in [-0.25, -0.2) is 19.9 Å². The zero-order chi connectivity index (χ0) is 53.6. The molecule has 10 heteroatoms. The summed E-state index contributed by atoms with van der Waals surface area (Å²) in [4.78, 5) is 28.8. The lowest BCUT2D eigenvalue weighted by Gasteiger charge is -2.38. The highest BCUT2D eigenvalue weighted by molar-refractivity contribution is 6.03. The van der Waals surface area contributed by atoms with Gasteiger partial charge in [-0.1, -0.05) is 121 Å². The van der Waals surface area contributed by atoms with Crippen molar-refractivity contribution in [3.8, 4) is 67.3 Å². The Hall–Kier alpha value is -10.6. The van der Waals surface area contributed by atoms with Gasteiger partial charge in [-0.15, -0.1) is 0 Å². The summed E-state index contributed by atoms with van der Waals surface area (Å²) in [5.74, 6) is 1.72. The first-order valence-corrected chi connectivity index (χ1v) is 26.9. The molecule has 2 aliphatic rings. The number of rotatable bonds is 8. The summed E-state index contributed by atoms with van der Waals surface area (Å²) in [5, 5.41) is 0. The van der Waals surface area contributed by atoms with Gasteiger partial charge in [-0.2, -0.15) is 0 Å². The average Bonchev–Trinajstić information content (AvgIpc) is 4.09. The molecule has 0 saturated heterocycles. The van der Waals surface area contributed by atoms with Crippen molar-refractivity contribution in [3.63, 3.8) is 0 Å². The van der Waals surface area contributed by atoms with E-state index in [1.165, 1.54) is 0 Å². The number of hydrogen-bond acceptors (Lipinski definition) is 8. The van der Waals surface area contributed by atoms with Crippen LogP contribution in [0.25, 0.3) is 89.6 Å². The van der Waals surface area contributed by atoms with Crippen molar-refractivity contribution < 1.29 is 0 Å². The lowest BCUT2D eigenvalue weighted by atomic mass is 9.84. The minimum Gasteiger partial charge on any atom is -0.341 e. The van der Waals surface area contributed by atoms with E-state index in [1.54, 1.807) is 0 Å². The topological polar surface area (TPSA) is 74.4 Å². The van der Waals surface area contributed by atoms with E-state index in [9.17, 15) is 0 Å². The molecular formula is C70H52N10. The predicted octanol–water partition coefficient (Wildman–Crippen LogP) is 17.4. The van der Waals surface area contributed by atoms with Crippen LogP contribution in [0, 0.1) is 0 Å². The van der Waals surface area contributed by atoms with Crippen molar-refractivity contribution in [2.75, 3.05) is 33.7 Å². The molecule has 0 aliphatic carbocycles. The van der Waals surface area contributed by atoms with Crippen LogP contribution in [0.4, 0.5) is 56.9 Å². The Bertz CT molecular complexity index is 4330. The van der Waals surface area contributed by atoms with Crippen LogP contribution in [-0.2, 0) is 14.1 Å². The molecule has 382 valence electrons. The normalized spacial score (nSPS) is 12.7. The van der Waals surface area contributed by atoms with Crippen molar-refractivity contribution in [2.45, 2.75) is 0 Å². The molecule has 0 amide bonds. The Labute approximate surface area is 464 Å². The summed E-state index contributed by atoms with van der Waals surface area (Å²) in [5.41, 5.74) is 25.4. The molecule has 0 unspecified atom stereocenters. The van der Waals surface area contributed by atoms with E-state index in [1.807, 2.05) is 50.8 Å². The molecule has 15 rings (SSSR count). The molecule has 4 aromatic heterocycles. The molecule has 0 bridgehead atoms. The lowest BCUT2D eigenvalue weighted by molar-refractivity contribution is 0.942. The molecule has 0 saturated carbocycles. The third-order valence-electron chi connectivity index (χ3n) is 16.1. The monoisotopic (exact) mass is 1030 g/mol. The van der Waals surface area contributed by atoms with Crippen molar-refractivity contribution in [1.29, 1.82) is 0 Å². The van der Waals surface area contributed by atoms with Gasteiger partial charge in [-0.05, 0) is 154 Å². The van der Waals surface area contributed by atoms with Crippen molar-refractivity contribution in [3.05, 3.63) is 243 Å². The smallest absolute Gasteiger partial charge is 0.159 e. The van der Waals surface area contributed by atoms with Gasteiger partial charge in [0.2, 0.25) is 0 Å². The maximum Gasteiger partial charge on any atom is 0.159 e. The summed E-state index contributed by atoms with van der Waals surface area (Å²) < 4.78 is 4.15. The first-order chi connectivity index (χ1) is 39.3. The van der Waals surface area contributed by atoms with Gasteiger partial charge in [0.1, 0.15) is 22.7 Å². The van der Waals surface area contributed by atoms with Gasteiger partial charge in [0.05, 0.1) is 45.5 Å². The molecule has 6 heterocycles. The zero-order valence-corrected chi connectivity index (χ0v) is 44.6. The lowest BCUT2D eigenvalue weighted by Crippen LogP contribution is -2.23. The first-order valence-electron chi connectivity index (χ1n) is 26.9. The van der Waals surface area contributed by atoms with Gasteiger partial charge >= 0.3 is 0 Å². The van der Waals surface area contributed by atoms with Crippen LogP contribution in [0.5, 0.6) is 0 Å². The van der Waals surface area contributed by atoms with Gasteiger partial charge in [0.25, 0.3) is 0 Å². The van der Waals surface area contributed by atoms with Gasteiger partial charge in [0, 0.05) is 63.1 Å². The Morgan fingerprint density at radius 2 is 0.650 bits per heavy atom. The largest absolute Gasteiger partial charge is 0.341 e. The quantitative estimate of drug-likeness (QED) is 0.149. The minimum absolute atomic E-state index is 0.848. The van der Waals surface area contributed by atoms with Gasteiger partial charge in [0.15, 0.2) is 11.3 Å². The van der Waals surface area contributed by atoms with E-state index < -0.39 is 0 Å². The van der Waals surface area contributed by atoms with Crippen LogP contribution >= 0.6 is 0 Å². The maximum atomic E-state index is 5.05. The SMILES string of the molecule is CN1c2ccccc2N(c2cccc(-c3cc(-c4ccc(-c5nc6cccnc6n5C)cc4)c(-c4cccc(N5c6ccccc6N(C)c6ccccc65)c4)c(-c4ccc(-c5nc6cccnc6n5C)cc4)c3)c2)c2ccccc21. The highest BCUT2D eigenvalue weighted by atomic mass is 15.3. The van der Waals surface area contributed by atoms with Crippen molar-refractivity contribution >= 4 is 79.2 Å². The fourth-order valence-electron chi connectivity index (χ4n) is 12.2. The van der Waals surface area contributed by atoms with Gasteiger partial charge in [-0.3, -0.25) is 0 Å². The fourth-order valence-corrected chi connectivity index (χ4v) is 12.2. The number of fused-ring (bicyclic) bond motifs is 6. The zero-order valence-electron chi connectivity index (χ0n) is 44.6. The maximum absolute atomic E-state index is 5.05. The van der Waals surface area contributed by atoms with Crippen LogP contribution in [-0.4, -0.2) is 43.2 Å². The second-order valence-corrected chi connectivity index (χ2v) is 20.6. The molecule has 2 aliphatic heterocycles. The number of imidazole rings is 2. The van der Waals surface area contributed by atoms with E-state index in [0.717, 1.165) is 146 Å². The number of aryl methyl sites for hydroxylation is 2. The number of para-hydroxylation sites is 8. The molecule has 0 spiro atoms. The summed E-state index contributed by atoms with van der Waals surface area (Å²) >= 11 is 0. The first kappa shape index (κ1) is 46.7. The Balaban J connectivity index is 0.961. The highest BCUT2D eigenvalue weighted by Gasteiger charge is 2.30. The number of nitrogens with zero attached hydrogens (tertiary/aromatic N) is 10. The number of hydrogen-bond donors (Lipinski definition) is 0. The number of pyridine rings is 2. The molecule has 10 nitrogen and oxygen atoms in total. The predicted molar refractivity (Wildman–Crippen MR) is 329 cm³/mol. The van der Waals surface area contributed by atoms with E-state index in [2.05, 4.69) is 259 Å². The summed E-state index contributed by atoms with van der Waals surface area (Å²) in [6.07, 6.45) is 3.65. The van der Waals surface area contributed by atoms with Crippen LogP contribution in [0.1, 0.15) is 0 Å². The molecule has 0 N–H and O–H groups in total. The summed E-state index contributed by atoms with van der Waals surface area (Å²) in [6.45, 7) is 0. The second kappa shape index (κ2) is 18.6. The fraction of sp³-hybridized carbons (Fsp3) is 0.0571. The molecule has 0 radical (unpaired) electrons. The highest BCUT2D eigenvalue weighted by Crippen LogP contribution is 2.54. The number of anilines is 10. The minimum atomic E-state index is 0.848. The molecule has 13 aromatic rings. The molecule has 0 atom stereocenters.